The van der Waals surface area contributed by atoms with E-state index in [-0.39, 0.29) is 11.9 Å². The molecular formula is C20H26BrFN2O2. The molecule has 0 aliphatic carbocycles. The lowest BCUT2D eigenvalue weighted by Crippen LogP contribution is -2.30. The summed E-state index contributed by atoms with van der Waals surface area (Å²) in [6, 6.07) is 10.8. The van der Waals surface area contributed by atoms with Crippen LogP contribution >= 0.6 is 15.9 Å². The SMILES string of the molecule is CCOc1c(Br)cc(CNCC(c2ccc(F)cc2)N(C)C)cc1OC. The molecule has 0 aliphatic rings. The van der Waals surface area contributed by atoms with E-state index in [0.717, 1.165) is 27.9 Å². The van der Waals surface area contributed by atoms with Gasteiger partial charge in [-0.15, -0.1) is 0 Å². The molecule has 0 radical (unpaired) electrons. The molecule has 4 nitrogen and oxygen atoms in total. The van der Waals surface area contributed by atoms with E-state index in [0.29, 0.717) is 18.9 Å². The average molecular weight is 425 g/mol. The maximum absolute atomic E-state index is 13.2. The molecule has 0 aliphatic heterocycles. The second kappa shape index (κ2) is 9.90. The van der Waals surface area contributed by atoms with Gasteiger partial charge in [-0.1, -0.05) is 12.1 Å². The van der Waals surface area contributed by atoms with E-state index < -0.39 is 0 Å². The van der Waals surface area contributed by atoms with E-state index >= 15 is 0 Å². The smallest absolute Gasteiger partial charge is 0.175 e. The molecule has 142 valence electrons. The molecule has 0 saturated heterocycles. The van der Waals surface area contributed by atoms with Crippen LogP contribution in [0.15, 0.2) is 40.9 Å². The first-order valence-electron chi connectivity index (χ1n) is 8.58. The molecule has 2 aromatic carbocycles. The zero-order valence-electron chi connectivity index (χ0n) is 15.7. The van der Waals surface area contributed by atoms with Gasteiger partial charge in [-0.05, 0) is 72.3 Å². The number of methoxy groups -OCH3 is 1. The van der Waals surface area contributed by atoms with Crippen molar-refractivity contribution < 1.29 is 13.9 Å². The van der Waals surface area contributed by atoms with Crippen LogP contribution in [0.25, 0.3) is 0 Å². The van der Waals surface area contributed by atoms with Gasteiger partial charge in [0.1, 0.15) is 5.82 Å². The normalized spacial score (nSPS) is 12.3. The summed E-state index contributed by atoms with van der Waals surface area (Å²) in [5.41, 5.74) is 2.17. The van der Waals surface area contributed by atoms with E-state index in [1.807, 2.05) is 45.3 Å². The van der Waals surface area contributed by atoms with Gasteiger partial charge in [-0.3, -0.25) is 0 Å². The Kier molecular flexibility index (Phi) is 7.87. The fraction of sp³-hybridized carbons (Fsp3) is 0.400. The summed E-state index contributed by atoms with van der Waals surface area (Å²) < 4.78 is 25.1. The predicted molar refractivity (Wildman–Crippen MR) is 106 cm³/mol. The minimum atomic E-state index is -0.217. The summed E-state index contributed by atoms with van der Waals surface area (Å²) >= 11 is 3.55. The number of nitrogens with zero attached hydrogens (tertiary/aromatic N) is 1. The third kappa shape index (κ3) is 5.43. The molecule has 0 aromatic heterocycles. The first-order valence-corrected chi connectivity index (χ1v) is 9.37. The van der Waals surface area contributed by atoms with Gasteiger partial charge in [-0.2, -0.15) is 0 Å². The van der Waals surface area contributed by atoms with Crippen molar-refractivity contribution in [2.75, 3.05) is 34.4 Å². The van der Waals surface area contributed by atoms with Crippen LogP contribution in [0.2, 0.25) is 0 Å². The summed E-state index contributed by atoms with van der Waals surface area (Å²) in [5.74, 6) is 1.21. The maximum Gasteiger partial charge on any atom is 0.175 e. The minimum absolute atomic E-state index is 0.156. The van der Waals surface area contributed by atoms with Gasteiger partial charge in [0.25, 0.3) is 0 Å². The number of rotatable bonds is 9. The third-order valence-corrected chi connectivity index (χ3v) is 4.71. The van der Waals surface area contributed by atoms with Crippen LogP contribution in [0.4, 0.5) is 4.39 Å². The standard InChI is InChI=1S/C20H26BrFN2O2/c1-5-26-20-17(21)10-14(11-19(20)25-4)12-23-13-18(24(2)3)15-6-8-16(22)9-7-15/h6-11,18,23H,5,12-13H2,1-4H3. The summed E-state index contributed by atoms with van der Waals surface area (Å²) in [7, 11) is 5.68. The molecule has 2 rings (SSSR count). The van der Waals surface area contributed by atoms with Crippen LogP contribution in [0.1, 0.15) is 24.1 Å². The number of hydrogen-bond acceptors (Lipinski definition) is 4. The number of benzene rings is 2. The average Bonchev–Trinajstić information content (AvgIpc) is 2.61. The molecule has 6 heteroatoms. The molecule has 0 saturated carbocycles. The van der Waals surface area contributed by atoms with Crippen molar-refractivity contribution in [3.05, 3.63) is 57.8 Å². The molecule has 1 atom stereocenters. The quantitative estimate of drug-likeness (QED) is 0.647. The maximum atomic E-state index is 13.2. The lowest BCUT2D eigenvalue weighted by atomic mass is 10.1. The molecule has 2 aromatic rings. The first kappa shape index (κ1) is 20.7. The fourth-order valence-corrected chi connectivity index (χ4v) is 3.40. The predicted octanol–water partition coefficient (Wildman–Crippen LogP) is 4.39. The van der Waals surface area contributed by atoms with Gasteiger partial charge in [0, 0.05) is 19.1 Å². The molecule has 1 N–H and O–H groups in total. The van der Waals surface area contributed by atoms with Crippen molar-refractivity contribution in [1.29, 1.82) is 0 Å². The molecule has 0 amide bonds. The van der Waals surface area contributed by atoms with Crippen molar-refractivity contribution in [2.45, 2.75) is 19.5 Å². The van der Waals surface area contributed by atoms with Crippen LogP contribution in [0.5, 0.6) is 11.5 Å². The Morgan fingerprint density at radius 2 is 1.88 bits per heavy atom. The van der Waals surface area contributed by atoms with Crippen LogP contribution in [-0.4, -0.2) is 39.3 Å². The Morgan fingerprint density at radius 3 is 2.46 bits per heavy atom. The number of nitrogens with one attached hydrogen (secondary N) is 1. The number of hydrogen-bond donors (Lipinski definition) is 1. The van der Waals surface area contributed by atoms with Gasteiger partial charge in [0.2, 0.25) is 0 Å². The van der Waals surface area contributed by atoms with Crippen molar-refractivity contribution in [1.82, 2.24) is 10.2 Å². The highest BCUT2D eigenvalue weighted by molar-refractivity contribution is 9.10. The van der Waals surface area contributed by atoms with Crippen molar-refractivity contribution in [2.24, 2.45) is 0 Å². The molecule has 0 spiro atoms. The number of likely N-dealkylation sites (N-methyl/N-ethyl adjacent to an activating group) is 1. The Balaban J connectivity index is 2.05. The van der Waals surface area contributed by atoms with Crippen molar-refractivity contribution >= 4 is 15.9 Å². The van der Waals surface area contributed by atoms with Crippen LogP contribution in [0, 0.1) is 5.82 Å². The molecule has 0 heterocycles. The number of halogens is 2. The number of ether oxygens (including phenoxy) is 2. The highest BCUT2D eigenvalue weighted by Crippen LogP contribution is 2.36. The third-order valence-electron chi connectivity index (χ3n) is 4.12. The summed E-state index contributed by atoms with van der Waals surface area (Å²) in [4.78, 5) is 2.12. The van der Waals surface area contributed by atoms with Crippen LogP contribution < -0.4 is 14.8 Å². The molecular weight excluding hydrogens is 399 g/mol. The zero-order chi connectivity index (χ0) is 19.1. The van der Waals surface area contributed by atoms with Crippen LogP contribution in [-0.2, 0) is 6.54 Å². The van der Waals surface area contributed by atoms with Gasteiger partial charge >= 0.3 is 0 Å². The minimum Gasteiger partial charge on any atom is -0.493 e. The van der Waals surface area contributed by atoms with E-state index in [9.17, 15) is 4.39 Å². The van der Waals surface area contributed by atoms with Crippen LogP contribution in [0.3, 0.4) is 0 Å². The first-order chi connectivity index (χ1) is 12.5. The molecule has 0 bridgehead atoms. The van der Waals surface area contributed by atoms with E-state index in [1.165, 1.54) is 12.1 Å². The zero-order valence-corrected chi connectivity index (χ0v) is 17.3. The molecule has 26 heavy (non-hydrogen) atoms. The molecule has 1 unspecified atom stereocenters. The topological polar surface area (TPSA) is 33.7 Å². The van der Waals surface area contributed by atoms with Crippen molar-refractivity contribution in [3.63, 3.8) is 0 Å². The highest BCUT2D eigenvalue weighted by atomic mass is 79.9. The Labute approximate surface area is 163 Å². The Morgan fingerprint density at radius 1 is 1.19 bits per heavy atom. The second-order valence-electron chi connectivity index (χ2n) is 6.20. The van der Waals surface area contributed by atoms with E-state index in [2.05, 4.69) is 26.1 Å². The van der Waals surface area contributed by atoms with Gasteiger partial charge in [0.05, 0.1) is 18.2 Å². The van der Waals surface area contributed by atoms with E-state index in [4.69, 9.17) is 9.47 Å². The Bertz CT molecular complexity index is 708. The summed E-state index contributed by atoms with van der Waals surface area (Å²) in [5, 5.41) is 3.47. The summed E-state index contributed by atoms with van der Waals surface area (Å²) in [6.45, 7) is 3.95. The Hall–Kier alpha value is -1.63. The second-order valence-corrected chi connectivity index (χ2v) is 7.06. The lowest BCUT2D eigenvalue weighted by Gasteiger charge is -2.25. The largest absolute Gasteiger partial charge is 0.493 e. The van der Waals surface area contributed by atoms with Gasteiger partial charge < -0.3 is 19.7 Å². The van der Waals surface area contributed by atoms with Gasteiger partial charge in [-0.25, -0.2) is 4.39 Å². The summed E-state index contributed by atoms with van der Waals surface area (Å²) in [6.07, 6.45) is 0. The van der Waals surface area contributed by atoms with Gasteiger partial charge in [0.15, 0.2) is 11.5 Å². The molecule has 0 fully saturated rings. The lowest BCUT2D eigenvalue weighted by molar-refractivity contribution is 0.288. The monoisotopic (exact) mass is 424 g/mol. The van der Waals surface area contributed by atoms with E-state index in [1.54, 1.807) is 7.11 Å². The highest BCUT2D eigenvalue weighted by Gasteiger charge is 2.15. The van der Waals surface area contributed by atoms with Crippen molar-refractivity contribution in [3.8, 4) is 11.5 Å². The fourth-order valence-electron chi connectivity index (χ4n) is 2.80.